The van der Waals surface area contributed by atoms with Gasteiger partial charge in [0.15, 0.2) is 0 Å². The minimum absolute atomic E-state index is 0.504. The first kappa shape index (κ1) is 14.6. The van der Waals surface area contributed by atoms with Crippen LogP contribution in [0.2, 0.25) is 5.02 Å². The van der Waals surface area contributed by atoms with Crippen molar-refractivity contribution >= 4 is 22.5 Å². The Morgan fingerprint density at radius 1 is 1.32 bits per heavy atom. The molecule has 4 nitrogen and oxygen atoms in total. The van der Waals surface area contributed by atoms with Gasteiger partial charge in [-0.3, -0.25) is 0 Å². The zero-order valence-electron chi connectivity index (χ0n) is 12.5. The largest absolute Gasteiger partial charge is 0.332 e. The van der Waals surface area contributed by atoms with Crippen LogP contribution in [-0.2, 0) is 13.5 Å². The summed E-state index contributed by atoms with van der Waals surface area (Å²) in [6.45, 7) is 2.04. The van der Waals surface area contributed by atoms with Crippen LogP contribution in [0.15, 0.2) is 30.7 Å². The molecule has 5 heteroatoms. The van der Waals surface area contributed by atoms with Gasteiger partial charge in [0.1, 0.15) is 0 Å². The SMILES string of the molecule is Cc1cc2nc(-c3cncn3C)cc(Cl)c2cc1CCC#N. The number of benzene rings is 1. The molecule has 0 N–H and O–H groups in total. The fraction of sp³-hybridized carbons (Fsp3) is 0.235. The quantitative estimate of drug-likeness (QED) is 0.733. The lowest BCUT2D eigenvalue weighted by molar-refractivity contribution is 0.917. The number of aryl methyl sites for hydroxylation is 3. The van der Waals surface area contributed by atoms with Crippen LogP contribution >= 0.6 is 11.6 Å². The van der Waals surface area contributed by atoms with E-state index in [9.17, 15) is 0 Å². The van der Waals surface area contributed by atoms with Crippen LogP contribution in [0.25, 0.3) is 22.3 Å². The Kier molecular flexibility index (Phi) is 3.82. The van der Waals surface area contributed by atoms with Gasteiger partial charge < -0.3 is 4.57 Å². The lowest BCUT2D eigenvalue weighted by atomic mass is 10.0. The molecule has 0 spiro atoms. The van der Waals surface area contributed by atoms with Crippen molar-refractivity contribution in [1.29, 1.82) is 5.26 Å². The summed E-state index contributed by atoms with van der Waals surface area (Å²) in [5.41, 5.74) is 4.87. The summed E-state index contributed by atoms with van der Waals surface area (Å²) in [5.74, 6) is 0. The van der Waals surface area contributed by atoms with Crippen LogP contribution in [0.5, 0.6) is 0 Å². The van der Waals surface area contributed by atoms with E-state index in [-0.39, 0.29) is 0 Å². The number of hydrogen-bond acceptors (Lipinski definition) is 3. The molecule has 0 aliphatic rings. The summed E-state index contributed by atoms with van der Waals surface area (Å²) < 4.78 is 1.92. The van der Waals surface area contributed by atoms with Gasteiger partial charge in [0, 0.05) is 18.9 Å². The Labute approximate surface area is 134 Å². The second-order valence-corrected chi connectivity index (χ2v) is 5.74. The van der Waals surface area contributed by atoms with E-state index in [1.165, 1.54) is 0 Å². The van der Waals surface area contributed by atoms with E-state index >= 15 is 0 Å². The fourth-order valence-electron chi connectivity index (χ4n) is 2.58. The van der Waals surface area contributed by atoms with E-state index in [0.717, 1.165) is 39.8 Å². The second-order valence-electron chi connectivity index (χ2n) is 5.33. The van der Waals surface area contributed by atoms with Crippen LogP contribution in [0, 0.1) is 18.3 Å². The maximum absolute atomic E-state index is 8.76. The zero-order valence-corrected chi connectivity index (χ0v) is 13.2. The molecule has 0 aliphatic carbocycles. The van der Waals surface area contributed by atoms with Crippen molar-refractivity contribution in [3.8, 4) is 17.5 Å². The van der Waals surface area contributed by atoms with Crippen molar-refractivity contribution in [2.45, 2.75) is 19.8 Å². The molecular weight excluding hydrogens is 296 g/mol. The molecule has 0 fully saturated rings. The molecule has 0 unspecified atom stereocenters. The molecule has 0 radical (unpaired) electrons. The van der Waals surface area contributed by atoms with E-state index < -0.39 is 0 Å². The van der Waals surface area contributed by atoms with Crippen molar-refractivity contribution in [2.75, 3.05) is 0 Å². The van der Waals surface area contributed by atoms with Gasteiger partial charge in [-0.15, -0.1) is 0 Å². The number of pyridine rings is 1. The highest BCUT2D eigenvalue weighted by Gasteiger charge is 2.11. The molecule has 0 saturated heterocycles. The van der Waals surface area contributed by atoms with Crippen molar-refractivity contribution in [2.24, 2.45) is 7.05 Å². The Morgan fingerprint density at radius 2 is 2.14 bits per heavy atom. The second kappa shape index (κ2) is 5.78. The first-order valence-corrected chi connectivity index (χ1v) is 7.41. The van der Waals surface area contributed by atoms with Crippen molar-refractivity contribution in [1.82, 2.24) is 14.5 Å². The topological polar surface area (TPSA) is 54.5 Å². The average Bonchev–Trinajstić information content (AvgIpc) is 2.91. The smallest absolute Gasteiger partial charge is 0.0948 e. The monoisotopic (exact) mass is 310 g/mol. The van der Waals surface area contributed by atoms with E-state index in [0.29, 0.717) is 11.4 Å². The van der Waals surface area contributed by atoms with Crippen LogP contribution in [-0.4, -0.2) is 14.5 Å². The number of hydrogen-bond donors (Lipinski definition) is 0. The fourth-order valence-corrected chi connectivity index (χ4v) is 2.83. The highest BCUT2D eigenvalue weighted by atomic mass is 35.5. The van der Waals surface area contributed by atoms with E-state index in [1.54, 1.807) is 12.5 Å². The third-order valence-electron chi connectivity index (χ3n) is 3.80. The van der Waals surface area contributed by atoms with Crippen LogP contribution < -0.4 is 0 Å². The minimum Gasteiger partial charge on any atom is -0.332 e. The van der Waals surface area contributed by atoms with Gasteiger partial charge in [0.2, 0.25) is 0 Å². The number of imidazole rings is 1. The standard InChI is InChI=1S/C17H15ClN4/c1-11-6-15-13(7-12(11)4-3-5-19)14(18)8-16(21-15)17-9-20-10-22(17)2/h6-10H,3-4H2,1-2H3. The van der Waals surface area contributed by atoms with Gasteiger partial charge in [-0.05, 0) is 42.7 Å². The van der Waals surface area contributed by atoms with Gasteiger partial charge in [-0.2, -0.15) is 5.26 Å². The summed E-state index contributed by atoms with van der Waals surface area (Å²) in [5, 5.41) is 10.3. The molecular formula is C17H15ClN4. The van der Waals surface area contributed by atoms with Gasteiger partial charge in [-0.1, -0.05) is 11.6 Å². The number of rotatable bonds is 3. The van der Waals surface area contributed by atoms with Crippen LogP contribution in [0.4, 0.5) is 0 Å². The lowest BCUT2D eigenvalue weighted by Crippen LogP contribution is -1.95. The molecule has 0 amide bonds. The molecule has 0 bridgehead atoms. The van der Waals surface area contributed by atoms with Gasteiger partial charge >= 0.3 is 0 Å². The summed E-state index contributed by atoms with van der Waals surface area (Å²) in [4.78, 5) is 8.83. The summed E-state index contributed by atoms with van der Waals surface area (Å²) >= 11 is 6.46. The predicted molar refractivity (Wildman–Crippen MR) is 87.6 cm³/mol. The van der Waals surface area contributed by atoms with Crippen molar-refractivity contribution < 1.29 is 0 Å². The molecule has 3 rings (SSSR count). The summed E-state index contributed by atoms with van der Waals surface area (Å²) in [7, 11) is 1.93. The molecule has 0 atom stereocenters. The number of halogens is 1. The normalized spacial score (nSPS) is 10.8. The number of nitriles is 1. The molecule has 2 aromatic heterocycles. The number of aromatic nitrogens is 3. The van der Waals surface area contributed by atoms with E-state index in [2.05, 4.69) is 11.1 Å². The lowest BCUT2D eigenvalue weighted by Gasteiger charge is -2.10. The van der Waals surface area contributed by atoms with Gasteiger partial charge in [0.05, 0.1) is 40.5 Å². The molecule has 2 heterocycles. The van der Waals surface area contributed by atoms with Crippen LogP contribution in [0.3, 0.4) is 0 Å². The molecule has 0 saturated carbocycles. The van der Waals surface area contributed by atoms with Crippen molar-refractivity contribution in [3.05, 3.63) is 46.9 Å². The molecule has 0 aliphatic heterocycles. The van der Waals surface area contributed by atoms with Gasteiger partial charge in [-0.25, -0.2) is 9.97 Å². The first-order valence-electron chi connectivity index (χ1n) is 7.03. The summed E-state index contributed by atoms with van der Waals surface area (Å²) in [6.07, 6.45) is 4.76. The maximum atomic E-state index is 8.76. The molecule has 3 aromatic rings. The number of nitrogens with zero attached hydrogens (tertiary/aromatic N) is 4. The Hall–Kier alpha value is -2.38. The predicted octanol–water partition coefficient (Wildman–Crippen LogP) is 4.05. The molecule has 110 valence electrons. The van der Waals surface area contributed by atoms with Gasteiger partial charge in [0.25, 0.3) is 0 Å². The van der Waals surface area contributed by atoms with E-state index in [4.69, 9.17) is 21.8 Å². The highest BCUT2D eigenvalue weighted by molar-refractivity contribution is 6.35. The summed E-state index contributed by atoms with van der Waals surface area (Å²) in [6, 6.07) is 8.13. The third kappa shape index (κ3) is 2.56. The highest BCUT2D eigenvalue weighted by Crippen LogP contribution is 2.30. The maximum Gasteiger partial charge on any atom is 0.0948 e. The Morgan fingerprint density at radius 3 is 2.82 bits per heavy atom. The minimum atomic E-state index is 0.504. The Balaban J connectivity index is 2.16. The number of fused-ring (bicyclic) bond motifs is 1. The van der Waals surface area contributed by atoms with E-state index in [1.807, 2.05) is 36.7 Å². The Bertz CT molecular complexity index is 890. The third-order valence-corrected chi connectivity index (χ3v) is 4.11. The molecule has 22 heavy (non-hydrogen) atoms. The molecule has 1 aromatic carbocycles. The van der Waals surface area contributed by atoms with Crippen LogP contribution in [0.1, 0.15) is 17.5 Å². The van der Waals surface area contributed by atoms with Crippen molar-refractivity contribution in [3.63, 3.8) is 0 Å². The zero-order chi connectivity index (χ0) is 15.7. The average molecular weight is 311 g/mol. The first-order chi connectivity index (χ1) is 10.6.